The summed E-state index contributed by atoms with van der Waals surface area (Å²) in [6, 6.07) is 0. The van der Waals surface area contributed by atoms with Crippen molar-refractivity contribution in [3.63, 3.8) is 0 Å². The minimum atomic E-state index is 0.411. The molecular formula is C15H25N3O. The fourth-order valence-corrected chi connectivity index (χ4v) is 3.73. The van der Waals surface area contributed by atoms with Gasteiger partial charge in [0.15, 0.2) is 5.82 Å². The summed E-state index contributed by atoms with van der Waals surface area (Å²) in [5.74, 6) is 4.13. The number of aromatic nitrogens is 2. The highest BCUT2D eigenvalue weighted by molar-refractivity contribution is 5.04. The molecule has 4 heteroatoms. The molecule has 2 N–H and O–H groups in total. The van der Waals surface area contributed by atoms with Crippen LogP contribution in [0.15, 0.2) is 4.52 Å². The van der Waals surface area contributed by atoms with Crippen LogP contribution in [0, 0.1) is 11.8 Å². The molecule has 1 heterocycles. The van der Waals surface area contributed by atoms with E-state index in [1.165, 1.54) is 38.5 Å². The first-order valence-electron chi connectivity index (χ1n) is 7.81. The summed E-state index contributed by atoms with van der Waals surface area (Å²) in [5, 5.41) is 4.25. The van der Waals surface area contributed by atoms with Crippen LogP contribution in [0.5, 0.6) is 0 Å². The van der Waals surface area contributed by atoms with Gasteiger partial charge in [-0.2, -0.15) is 4.98 Å². The Kier molecular flexibility index (Phi) is 3.87. The highest BCUT2D eigenvalue weighted by atomic mass is 16.5. The summed E-state index contributed by atoms with van der Waals surface area (Å²) in [6.45, 7) is 3.07. The summed E-state index contributed by atoms with van der Waals surface area (Å²) in [6.07, 6.45) is 8.62. The van der Waals surface area contributed by atoms with Gasteiger partial charge in [0.05, 0.1) is 0 Å². The van der Waals surface area contributed by atoms with Crippen molar-refractivity contribution in [3.8, 4) is 0 Å². The van der Waals surface area contributed by atoms with E-state index in [4.69, 9.17) is 15.2 Å². The van der Waals surface area contributed by atoms with Crippen molar-refractivity contribution >= 4 is 0 Å². The minimum Gasteiger partial charge on any atom is -0.339 e. The van der Waals surface area contributed by atoms with Gasteiger partial charge in [-0.1, -0.05) is 31.3 Å². The maximum Gasteiger partial charge on any atom is 0.230 e. The monoisotopic (exact) mass is 263 g/mol. The van der Waals surface area contributed by atoms with Gasteiger partial charge in [-0.25, -0.2) is 0 Å². The maximum atomic E-state index is 5.84. The van der Waals surface area contributed by atoms with E-state index in [9.17, 15) is 0 Å². The Morgan fingerprint density at radius 2 is 1.95 bits per heavy atom. The van der Waals surface area contributed by atoms with Gasteiger partial charge >= 0.3 is 0 Å². The van der Waals surface area contributed by atoms with E-state index in [-0.39, 0.29) is 0 Å². The molecule has 2 aliphatic rings. The van der Waals surface area contributed by atoms with Gasteiger partial charge in [0.25, 0.3) is 0 Å². The molecule has 0 radical (unpaired) electrons. The molecule has 1 aromatic heterocycles. The third-order valence-corrected chi connectivity index (χ3v) is 5.12. The molecule has 2 unspecified atom stereocenters. The number of nitrogens with zero attached hydrogens (tertiary/aromatic N) is 2. The van der Waals surface area contributed by atoms with Crippen LogP contribution >= 0.6 is 0 Å². The molecule has 0 spiro atoms. The van der Waals surface area contributed by atoms with Crippen LogP contribution in [-0.4, -0.2) is 16.7 Å². The van der Waals surface area contributed by atoms with E-state index in [0.29, 0.717) is 17.8 Å². The predicted molar refractivity (Wildman–Crippen MR) is 73.8 cm³/mol. The summed E-state index contributed by atoms with van der Waals surface area (Å²) >= 11 is 0. The van der Waals surface area contributed by atoms with Crippen molar-refractivity contribution in [1.29, 1.82) is 0 Å². The third-order valence-electron chi connectivity index (χ3n) is 5.12. The second kappa shape index (κ2) is 5.61. The van der Waals surface area contributed by atoms with E-state index in [1.54, 1.807) is 0 Å². The van der Waals surface area contributed by atoms with Gasteiger partial charge in [-0.15, -0.1) is 0 Å². The number of hydrogen-bond donors (Lipinski definition) is 1. The van der Waals surface area contributed by atoms with Crippen LogP contribution in [-0.2, 0) is 0 Å². The maximum absolute atomic E-state index is 5.84. The lowest BCUT2D eigenvalue weighted by atomic mass is 9.83. The molecule has 2 aliphatic carbocycles. The molecular weight excluding hydrogens is 238 g/mol. The third kappa shape index (κ3) is 2.69. The average Bonchev–Trinajstić information content (AvgIpc) is 3.07. The van der Waals surface area contributed by atoms with Crippen LogP contribution in [0.4, 0.5) is 0 Å². The molecule has 0 saturated heterocycles. The van der Waals surface area contributed by atoms with Crippen molar-refractivity contribution in [2.45, 2.75) is 63.7 Å². The molecule has 0 amide bonds. The standard InChI is InChI=1S/C15H25N3O/c1-10-5-7-11(8-6-10)14-17-15(19-18-14)13-4-2-3-12(13)9-16/h10-13H,2-9,16H2,1H3. The Morgan fingerprint density at radius 3 is 2.68 bits per heavy atom. The van der Waals surface area contributed by atoms with Crippen molar-refractivity contribution in [3.05, 3.63) is 11.7 Å². The first kappa shape index (κ1) is 13.1. The second-order valence-electron chi connectivity index (χ2n) is 6.48. The molecule has 1 aromatic rings. The zero-order valence-electron chi connectivity index (χ0n) is 11.8. The molecule has 19 heavy (non-hydrogen) atoms. The molecule has 0 aliphatic heterocycles. The topological polar surface area (TPSA) is 64.9 Å². The van der Waals surface area contributed by atoms with E-state index in [2.05, 4.69) is 12.1 Å². The van der Waals surface area contributed by atoms with E-state index in [1.807, 2.05) is 0 Å². The average molecular weight is 263 g/mol. The highest BCUT2D eigenvalue weighted by Gasteiger charge is 2.33. The van der Waals surface area contributed by atoms with Crippen LogP contribution in [0.2, 0.25) is 0 Å². The van der Waals surface area contributed by atoms with E-state index >= 15 is 0 Å². The SMILES string of the molecule is CC1CCC(c2noc(C3CCCC3CN)n2)CC1. The van der Waals surface area contributed by atoms with Crippen molar-refractivity contribution in [2.24, 2.45) is 17.6 Å². The van der Waals surface area contributed by atoms with Gasteiger partial charge in [0.1, 0.15) is 0 Å². The lowest BCUT2D eigenvalue weighted by molar-refractivity contribution is 0.309. The van der Waals surface area contributed by atoms with Gasteiger partial charge in [-0.05, 0) is 44.1 Å². The molecule has 106 valence electrons. The summed E-state index contributed by atoms with van der Waals surface area (Å²) < 4.78 is 5.54. The lowest BCUT2D eigenvalue weighted by Gasteiger charge is -2.23. The smallest absolute Gasteiger partial charge is 0.230 e. The quantitative estimate of drug-likeness (QED) is 0.909. The summed E-state index contributed by atoms with van der Waals surface area (Å²) in [5.41, 5.74) is 5.84. The Morgan fingerprint density at radius 1 is 1.16 bits per heavy atom. The molecule has 2 atom stereocenters. The van der Waals surface area contributed by atoms with Crippen molar-refractivity contribution in [2.75, 3.05) is 6.54 Å². The van der Waals surface area contributed by atoms with Gasteiger partial charge in [0, 0.05) is 11.8 Å². The number of rotatable bonds is 3. The highest BCUT2D eigenvalue weighted by Crippen LogP contribution is 2.40. The molecule has 0 aromatic carbocycles. The Hall–Kier alpha value is -0.900. The lowest BCUT2D eigenvalue weighted by Crippen LogP contribution is -2.17. The first-order valence-corrected chi connectivity index (χ1v) is 7.81. The summed E-state index contributed by atoms with van der Waals surface area (Å²) in [4.78, 5) is 4.71. The Bertz CT molecular complexity index is 409. The van der Waals surface area contributed by atoms with Crippen LogP contribution in [0.25, 0.3) is 0 Å². The van der Waals surface area contributed by atoms with Gasteiger partial charge in [0.2, 0.25) is 5.89 Å². The molecule has 3 rings (SSSR count). The fourth-order valence-electron chi connectivity index (χ4n) is 3.73. The first-order chi connectivity index (χ1) is 9.28. The van der Waals surface area contributed by atoms with Gasteiger partial charge in [-0.3, -0.25) is 0 Å². The molecule has 2 fully saturated rings. The molecule has 0 bridgehead atoms. The minimum absolute atomic E-state index is 0.411. The largest absolute Gasteiger partial charge is 0.339 e. The summed E-state index contributed by atoms with van der Waals surface area (Å²) in [7, 11) is 0. The zero-order valence-corrected chi connectivity index (χ0v) is 11.8. The normalized spacial score (nSPS) is 35.7. The van der Waals surface area contributed by atoms with Gasteiger partial charge < -0.3 is 10.3 Å². The van der Waals surface area contributed by atoms with Crippen LogP contribution in [0.3, 0.4) is 0 Å². The molecule has 2 saturated carbocycles. The van der Waals surface area contributed by atoms with Crippen molar-refractivity contribution < 1.29 is 4.52 Å². The number of hydrogen-bond acceptors (Lipinski definition) is 4. The van der Waals surface area contributed by atoms with Crippen LogP contribution < -0.4 is 5.73 Å². The molecule has 4 nitrogen and oxygen atoms in total. The Labute approximate surface area is 115 Å². The number of nitrogens with two attached hydrogens (primary N) is 1. The fraction of sp³-hybridized carbons (Fsp3) is 0.867. The van der Waals surface area contributed by atoms with E-state index in [0.717, 1.165) is 30.6 Å². The van der Waals surface area contributed by atoms with E-state index < -0.39 is 0 Å². The van der Waals surface area contributed by atoms with Crippen LogP contribution in [0.1, 0.15) is 75.4 Å². The Balaban J connectivity index is 1.69. The van der Waals surface area contributed by atoms with Crippen molar-refractivity contribution in [1.82, 2.24) is 10.1 Å². The zero-order chi connectivity index (χ0) is 13.2. The second-order valence-corrected chi connectivity index (χ2v) is 6.48. The predicted octanol–water partition coefficient (Wildman–Crippen LogP) is 3.21.